The van der Waals surface area contributed by atoms with Crippen LogP contribution in [-0.2, 0) is 0 Å². The van der Waals surface area contributed by atoms with Gasteiger partial charge in [-0.25, -0.2) is 0 Å². The average molecular weight is 365 g/mol. The number of nitrogens with one attached hydrogen (secondary N) is 1. The standard InChI is InChI=1S/C19H28N2OS2/c1-19(2,21-10-4-3-5-11-21)14-20-17(22)15-6-8-16(9-7-15)18-23-12-13-24-18/h6-9,18H,3-5,10-14H2,1-2H3,(H,20,22). The van der Waals surface area contributed by atoms with Crippen molar-refractivity contribution in [2.24, 2.45) is 0 Å². The van der Waals surface area contributed by atoms with Gasteiger partial charge in [0, 0.05) is 29.2 Å². The minimum Gasteiger partial charge on any atom is -0.350 e. The average Bonchev–Trinajstić information content (AvgIpc) is 3.15. The molecular formula is C19H28N2OS2. The van der Waals surface area contributed by atoms with Gasteiger partial charge in [-0.15, -0.1) is 23.5 Å². The highest BCUT2D eigenvalue weighted by Gasteiger charge is 2.28. The smallest absolute Gasteiger partial charge is 0.251 e. The van der Waals surface area contributed by atoms with E-state index in [0.717, 1.165) is 18.7 Å². The molecule has 3 rings (SSSR count). The van der Waals surface area contributed by atoms with Gasteiger partial charge in [-0.05, 0) is 57.5 Å². The Morgan fingerprint density at radius 3 is 2.38 bits per heavy atom. The summed E-state index contributed by atoms with van der Waals surface area (Å²) in [6, 6.07) is 8.16. The molecule has 0 aliphatic carbocycles. The third-order valence-electron chi connectivity index (χ3n) is 4.96. The first-order valence-corrected chi connectivity index (χ1v) is 11.0. The van der Waals surface area contributed by atoms with E-state index in [2.05, 4.69) is 36.2 Å². The predicted molar refractivity (Wildman–Crippen MR) is 106 cm³/mol. The predicted octanol–water partition coefficient (Wildman–Crippen LogP) is 4.16. The Morgan fingerprint density at radius 2 is 1.75 bits per heavy atom. The number of carbonyl (C=O) groups is 1. The van der Waals surface area contributed by atoms with E-state index in [1.54, 1.807) is 0 Å². The fourth-order valence-electron chi connectivity index (χ4n) is 3.35. The van der Waals surface area contributed by atoms with Gasteiger partial charge in [-0.3, -0.25) is 9.69 Å². The summed E-state index contributed by atoms with van der Waals surface area (Å²) < 4.78 is 0.542. The summed E-state index contributed by atoms with van der Waals surface area (Å²) in [5.41, 5.74) is 2.11. The molecule has 0 saturated carbocycles. The number of likely N-dealkylation sites (tertiary alicyclic amines) is 1. The van der Waals surface area contributed by atoms with E-state index < -0.39 is 0 Å². The van der Waals surface area contributed by atoms with Gasteiger partial charge >= 0.3 is 0 Å². The van der Waals surface area contributed by atoms with E-state index in [9.17, 15) is 4.79 Å². The summed E-state index contributed by atoms with van der Waals surface area (Å²) in [6.07, 6.45) is 3.88. The largest absolute Gasteiger partial charge is 0.350 e. The van der Waals surface area contributed by atoms with Crippen molar-refractivity contribution in [2.75, 3.05) is 31.1 Å². The second kappa shape index (κ2) is 8.15. The summed E-state index contributed by atoms with van der Waals surface area (Å²) in [6.45, 7) is 7.46. The van der Waals surface area contributed by atoms with Crippen molar-refractivity contribution in [1.82, 2.24) is 10.2 Å². The van der Waals surface area contributed by atoms with Gasteiger partial charge in [0.25, 0.3) is 5.91 Å². The number of rotatable bonds is 5. The first kappa shape index (κ1) is 18.2. The van der Waals surface area contributed by atoms with Crippen LogP contribution in [0.15, 0.2) is 24.3 Å². The number of hydrogen-bond donors (Lipinski definition) is 1. The van der Waals surface area contributed by atoms with Gasteiger partial charge < -0.3 is 5.32 Å². The lowest BCUT2D eigenvalue weighted by molar-refractivity contribution is 0.0797. The Hall–Kier alpha value is -0.650. The Kier molecular flexibility index (Phi) is 6.17. The van der Waals surface area contributed by atoms with Crippen LogP contribution in [0.1, 0.15) is 53.6 Å². The number of carbonyl (C=O) groups excluding carboxylic acids is 1. The summed E-state index contributed by atoms with van der Waals surface area (Å²) in [5.74, 6) is 2.49. The highest BCUT2D eigenvalue weighted by atomic mass is 32.2. The molecule has 1 aromatic rings. The zero-order valence-electron chi connectivity index (χ0n) is 14.7. The van der Waals surface area contributed by atoms with Gasteiger partial charge in [0.1, 0.15) is 0 Å². The first-order valence-electron chi connectivity index (χ1n) is 8.93. The van der Waals surface area contributed by atoms with Gasteiger partial charge in [0.2, 0.25) is 0 Å². The summed E-state index contributed by atoms with van der Waals surface area (Å²) in [4.78, 5) is 15.0. The van der Waals surface area contributed by atoms with Crippen molar-refractivity contribution in [2.45, 2.75) is 43.2 Å². The molecule has 0 radical (unpaired) electrons. The molecule has 0 unspecified atom stereocenters. The SMILES string of the molecule is CC(C)(CNC(=O)c1ccc(C2SCCS2)cc1)N1CCCCC1. The second-order valence-corrected chi connectivity index (χ2v) is 9.96. The third kappa shape index (κ3) is 4.50. The van der Waals surface area contributed by atoms with Gasteiger partial charge in [-0.2, -0.15) is 0 Å². The maximum atomic E-state index is 12.5. The molecule has 1 amide bonds. The highest BCUT2D eigenvalue weighted by molar-refractivity contribution is 8.19. The van der Waals surface area contributed by atoms with E-state index in [1.165, 1.54) is 36.3 Å². The Labute approximate surface area is 154 Å². The van der Waals surface area contributed by atoms with Gasteiger partial charge in [0.05, 0.1) is 4.58 Å². The van der Waals surface area contributed by atoms with Crippen LogP contribution >= 0.6 is 23.5 Å². The fourth-order valence-corrected chi connectivity index (χ4v) is 6.21. The monoisotopic (exact) mass is 364 g/mol. The molecule has 0 atom stereocenters. The zero-order chi connectivity index (χ0) is 17.0. The van der Waals surface area contributed by atoms with Crippen molar-refractivity contribution < 1.29 is 4.79 Å². The molecule has 24 heavy (non-hydrogen) atoms. The number of piperidine rings is 1. The van der Waals surface area contributed by atoms with Crippen LogP contribution in [0, 0.1) is 0 Å². The van der Waals surface area contributed by atoms with Crippen LogP contribution in [0.5, 0.6) is 0 Å². The van der Waals surface area contributed by atoms with E-state index in [0.29, 0.717) is 11.1 Å². The number of amides is 1. The molecule has 2 fully saturated rings. The van der Waals surface area contributed by atoms with Crippen molar-refractivity contribution >= 4 is 29.4 Å². The molecule has 3 nitrogen and oxygen atoms in total. The quantitative estimate of drug-likeness (QED) is 0.850. The van der Waals surface area contributed by atoms with E-state index in [-0.39, 0.29) is 11.4 Å². The molecular weight excluding hydrogens is 336 g/mol. The topological polar surface area (TPSA) is 32.3 Å². The molecule has 1 aromatic carbocycles. The van der Waals surface area contributed by atoms with E-state index in [4.69, 9.17) is 0 Å². The van der Waals surface area contributed by atoms with E-state index in [1.807, 2.05) is 35.7 Å². The number of nitrogens with zero attached hydrogens (tertiary/aromatic N) is 1. The first-order chi connectivity index (χ1) is 11.6. The molecule has 2 heterocycles. The van der Waals surface area contributed by atoms with Crippen molar-refractivity contribution in [1.29, 1.82) is 0 Å². The molecule has 2 aliphatic heterocycles. The number of thioether (sulfide) groups is 2. The number of hydrogen-bond acceptors (Lipinski definition) is 4. The Bertz CT molecular complexity index is 547. The lowest BCUT2D eigenvalue weighted by atomic mass is 9.98. The van der Waals surface area contributed by atoms with Crippen LogP contribution in [0.25, 0.3) is 0 Å². The molecule has 0 bridgehead atoms. The molecule has 2 saturated heterocycles. The second-order valence-electron chi connectivity index (χ2n) is 7.24. The third-order valence-corrected chi connectivity index (χ3v) is 8.06. The van der Waals surface area contributed by atoms with Crippen LogP contribution < -0.4 is 5.32 Å². The lowest BCUT2D eigenvalue weighted by Gasteiger charge is -2.41. The van der Waals surface area contributed by atoms with Crippen molar-refractivity contribution in [3.05, 3.63) is 35.4 Å². The maximum Gasteiger partial charge on any atom is 0.251 e. The molecule has 5 heteroatoms. The van der Waals surface area contributed by atoms with Crippen LogP contribution in [0.2, 0.25) is 0 Å². The molecule has 1 N–H and O–H groups in total. The normalized spacial score (nSPS) is 20.2. The van der Waals surface area contributed by atoms with Crippen LogP contribution in [0.4, 0.5) is 0 Å². The zero-order valence-corrected chi connectivity index (χ0v) is 16.3. The van der Waals surface area contributed by atoms with Crippen LogP contribution in [0.3, 0.4) is 0 Å². The number of benzene rings is 1. The summed E-state index contributed by atoms with van der Waals surface area (Å²) in [5, 5.41) is 3.13. The highest BCUT2D eigenvalue weighted by Crippen LogP contribution is 2.45. The van der Waals surface area contributed by atoms with Gasteiger partial charge in [-0.1, -0.05) is 18.6 Å². The summed E-state index contributed by atoms with van der Waals surface area (Å²) >= 11 is 3.99. The Morgan fingerprint density at radius 1 is 1.12 bits per heavy atom. The lowest BCUT2D eigenvalue weighted by Crippen LogP contribution is -2.53. The summed E-state index contributed by atoms with van der Waals surface area (Å²) in [7, 11) is 0. The molecule has 132 valence electrons. The molecule has 0 spiro atoms. The minimum atomic E-state index is 0.0210. The van der Waals surface area contributed by atoms with Crippen LogP contribution in [-0.4, -0.2) is 47.5 Å². The fraction of sp³-hybridized carbons (Fsp3) is 0.632. The Balaban J connectivity index is 1.54. The molecule has 2 aliphatic rings. The van der Waals surface area contributed by atoms with Gasteiger partial charge in [0.15, 0.2) is 0 Å². The minimum absolute atomic E-state index is 0.0210. The maximum absolute atomic E-state index is 12.5. The van der Waals surface area contributed by atoms with Crippen molar-refractivity contribution in [3.63, 3.8) is 0 Å². The molecule has 0 aromatic heterocycles. The van der Waals surface area contributed by atoms with E-state index >= 15 is 0 Å². The van der Waals surface area contributed by atoms with Crippen molar-refractivity contribution in [3.8, 4) is 0 Å².